The second-order valence-electron chi connectivity index (χ2n) is 6.75. The largest absolute Gasteiger partial charge is 0.508 e. The van der Waals surface area contributed by atoms with Gasteiger partial charge < -0.3 is 10.0 Å². The third kappa shape index (κ3) is 2.61. The van der Waals surface area contributed by atoms with Crippen molar-refractivity contribution in [2.45, 2.75) is 39.8 Å². The topological polar surface area (TPSA) is 23.5 Å². The van der Waals surface area contributed by atoms with Crippen molar-refractivity contribution in [1.29, 1.82) is 0 Å². The Balaban J connectivity index is 2.04. The molecule has 0 radical (unpaired) electrons. The molecule has 2 nitrogen and oxygen atoms in total. The molecule has 1 aliphatic rings. The first-order valence-corrected chi connectivity index (χ1v) is 7.73. The number of hydrogen-bond acceptors (Lipinski definition) is 2. The summed E-state index contributed by atoms with van der Waals surface area (Å²) < 4.78 is 0. The van der Waals surface area contributed by atoms with E-state index in [-0.39, 0.29) is 5.54 Å². The lowest BCUT2D eigenvalue weighted by Gasteiger charge is -2.43. The SMILES string of the molecule is CC1=CC(C)(C)N(Cc2ccc(C)cc2)c2ccc(O)cc21. The van der Waals surface area contributed by atoms with Gasteiger partial charge in [-0.1, -0.05) is 35.9 Å². The fourth-order valence-corrected chi connectivity index (χ4v) is 3.24. The molecular formula is C20H23NO. The van der Waals surface area contributed by atoms with Gasteiger partial charge in [-0.05, 0) is 57.0 Å². The zero-order chi connectivity index (χ0) is 15.9. The standard InChI is InChI=1S/C20H23NO/c1-14-5-7-16(8-6-14)13-21-19-10-9-17(22)11-18(19)15(2)12-20(21,3)4/h5-12,22H,13H2,1-4H3. The molecule has 0 saturated carbocycles. The molecule has 0 aliphatic carbocycles. The van der Waals surface area contributed by atoms with Crippen LogP contribution in [0.25, 0.3) is 5.57 Å². The van der Waals surface area contributed by atoms with Crippen LogP contribution in [0.5, 0.6) is 5.75 Å². The first-order valence-electron chi connectivity index (χ1n) is 7.73. The molecule has 1 N–H and O–H groups in total. The van der Waals surface area contributed by atoms with E-state index in [9.17, 15) is 5.11 Å². The van der Waals surface area contributed by atoms with E-state index in [0.29, 0.717) is 5.75 Å². The molecule has 0 fully saturated rings. The van der Waals surface area contributed by atoms with Crippen LogP contribution < -0.4 is 4.90 Å². The second-order valence-corrected chi connectivity index (χ2v) is 6.75. The van der Waals surface area contributed by atoms with Crippen molar-refractivity contribution in [2.75, 3.05) is 4.90 Å². The van der Waals surface area contributed by atoms with Crippen LogP contribution >= 0.6 is 0 Å². The molecule has 0 saturated heterocycles. The highest BCUT2D eigenvalue weighted by molar-refractivity contribution is 5.82. The molecule has 2 aromatic rings. The van der Waals surface area contributed by atoms with Crippen molar-refractivity contribution < 1.29 is 5.11 Å². The molecule has 3 rings (SSSR count). The first-order chi connectivity index (χ1) is 10.4. The maximum atomic E-state index is 9.80. The molecule has 0 spiro atoms. The van der Waals surface area contributed by atoms with Gasteiger partial charge in [-0.3, -0.25) is 0 Å². The summed E-state index contributed by atoms with van der Waals surface area (Å²) in [6.07, 6.45) is 2.28. The molecule has 0 atom stereocenters. The summed E-state index contributed by atoms with van der Waals surface area (Å²) in [7, 11) is 0. The van der Waals surface area contributed by atoms with Crippen molar-refractivity contribution in [3.8, 4) is 5.75 Å². The van der Waals surface area contributed by atoms with Gasteiger partial charge in [0.05, 0.1) is 5.54 Å². The highest BCUT2D eigenvalue weighted by Gasteiger charge is 2.31. The number of aryl methyl sites for hydroxylation is 1. The number of aromatic hydroxyl groups is 1. The van der Waals surface area contributed by atoms with Gasteiger partial charge in [0, 0.05) is 17.8 Å². The quantitative estimate of drug-likeness (QED) is 0.851. The molecule has 1 heterocycles. The molecule has 2 aromatic carbocycles. The molecule has 114 valence electrons. The van der Waals surface area contributed by atoms with Gasteiger partial charge in [0.1, 0.15) is 5.75 Å². The first kappa shape index (κ1) is 14.7. The molecule has 0 unspecified atom stereocenters. The Morgan fingerprint density at radius 3 is 2.36 bits per heavy atom. The van der Waals surface area contributed by atoms with Gasteiger partial charge in [-0.25, -0.2) is 0 Å². The molecule has 0 aromatic heterocycles. The molecule has 1 aliphatic heterocycles. The van der Waals surface area contributed by atoms with Crippen molar-refractivity contribution in [3.05, 3.63) is 65.2 Å². The third-order valence-electron chi connectivity index (χ3n) is 4.42. The Morgan fingerprint density at radius 2 is 1.68 bits per heavy atom. The Labute approximate surface area is 132 Å². The van der Waals surface area contributed by atoms with E-state index >= 15 is 0 Å². The Morgan fingerprint density at radius 1 is 1.00 bits per heavy atom. The molecule has 2 heteroatoms. The van der Waals surface area contributed by atoms with Crippen molar-refractivity contribution in [3.63, 3.8) is 0 Å². The molecule has 22 heavy (non-hydrogen) atoms. The molecular weight excluding hydrogens is 270 g/mol. The van der Waals surface area contributed by atoms with Gasteiger partial charge in [-0.15, -0.1) is 0 Å². The number of rotatable bonds is 2. The Hall–Kier alpha value is -2.22. The van der Waals surface area contributed by atoms with Crippen LogP contribution in [0.3, 0.4) is 0 Å². The van der Waals surface area contributed by atoms with E-state index in [1.807, 2.05) is 12.1 Å². The number of fused-ring (bicyclic) bond motifs is 1. The lowest BCUT2D eigenvalue weighted by molar-refractivity contribution is 0.474. The van der Waals surface area contributed by atoms with Crippen LogP contribution in [-0.4, -0.2) is 10.6 Å². The zero-order valence-electron chi connectivity index (χ0n) is 13.7. The number of anilines is 1. The maximum absolute atomic E-state index is 9.80. The lowest BCUT2D eigenvalue weighted by Crippen LogP contribution is -2.44. The minimum absolute atomic E-state index is 0.0566. The van der Waals surface area contributed by atoms with Crippen LogP contribution in [0, 0.1) is 6.92 Å². The predicted molar refractivity (Wildman–Crippen MR) is 93.2 cm³/mol. The number of benzene rings is 2. The smallest absolute Gasteiger partial charge is 0.116 e. The van der Waals surface area contributed by atoms with Crippen LogP contribution in [0.15, 0.2) is 48.5 Å². The number of phenols is 1. The summed E-state index contributed by atoms with van der Waals surface area (Å²) in [5, 5.41) is 9.80. The van der Waals surface area contributed by atoms with E-state index in [1.54, 1.807) is 6.07 Å². The predicted octanol–water partition coefficient (Wildman–Crippen LogP) is 4.90. The summed E-state index contributed by atoms with van der Waals surface area (Å²) in [4.78, 5) is 2.40. The summed E-state index contributed by atoms with van der Waals surface area (Å²) >= 11 is 0. The minimum Gasteiger partial charge on any atom is -0.508 e. The number of hydrogen-bond donors (Lipinski definition) is 1. The van der Waals surface area contributed by atoms with Crippen molar-refractivity contribution in [2.24, 2.45) is 0 Å². The highest BCUT2D eigenvalue weighted by atomic mass is 16.3. The van der Waals surface area contributed by atoms with Crippen molar-refractivity contribution in [1.82, 2.24) is 0 Å². The van der Waals surface area contributed by atoms with Crippen LogP contribution in [-0.2, 0) is 6.54 Å². The minimum atomic E-state index is -0.0566. The van der Waals surface area contributed by atoms with E-state index in [4.69, 9.17) is 0 Å². The number of phenolic OH excluding ortho intramolecular Hbond substituents is 1. The number of nitrogens with zero attached hydrogens (tertiary/aromatic N) is 1. The summed E-state index contributed by atoms with van der Waals surface area (Å²) in [5.41, 5.74) is 6.04. The molecule has 0 bridgehead atoms. The summed E-state index contributed by atoms with van der Waals surface area (Å²) in [5.74, 6) is 0.321. The fourth-order valence-electron chi connectivity index (χ4n) is 3.24. The van der Waals surface area contributed by atoms with Crippen LogP contribution in [0.1, 0.15) is 37.5 Å². The van der Waals surface area contributed by atoms with Crippen molar-refractivity contribution >= 4 is 11.3 Å². The molecule has 0 amide bonds. The summed E-state index contributed by atoms with van der Waals surface area (Å²) in [6.45, 7) is 9.55. The normalized spacial score (nSPS) is 16.2. The van der Waals surface area contributed by atoms with Gasteiger partial charge in [0.25, 0.3) is 0 Å². The highest BCUT2D eigenvalue weighted by Crippen LogP contribution is 2.41. The van der Waals surface area contributed by atoms with Gasteiger partial charge in [0.2, 0.25) is 0 Å². The monoisotopic (exact) mass is 293 g/mol. The summed E-state index contributed by atoms with van der Waals surface area (Å²) in [6, 6.07) is 14.4. The van der Waals surface area contributed by atoms with Gasteiger partial charge in [0.15, 0.2) is 0 Å². The van der Waals surface area contributed by atoms with Gasteiger partial charge >= 0.3 is 0 Å². The Bertz CT molecular complexity index is 726. The van der Waals surface area contributed by atoms with E-state index in [0.717, 1.165) is 12.1 Å². The fraction of sp³-hybridized carbons (Fsp3) is 0.300. The van der Waals surface area contributed by atoms with E-state index in [2.05, 4.69) is 62.9 Å². The zero-order valence-corrected chi connectivity index (χ0v) is 13.7. The van der Waals surface area contributed by atoms with Crippen LogP contribution in [0.2, 0.25) is 0 Å². The average Bonchev–Trinajstić information content (AvgIpc) is 2.45. The third-order valence-corrected chi connectivity index (χ3v) is 4.42. The second kappa shape index (κ2) is 5.20. The van der Waals surface area contributed by atoms with Gasteiger partial charge in [-0.2, -0.15) is 0 Å². The lowest BCUT2D eigenvalue weighted by atomic mass is 9.88. The average molecular weight is 293 g/mol. The van der Waals surface area contributed by atoms with E-state index in [1.165, 1.54) is 22.4 Å². The number of allylic oxidation sites excluding steroid dienone is 1. The Kier molecular flexibility index (Phi) is 3.48. The van der Waals surface area contributed by atoms with E-state index < -0.39 is 0 Å². The maximum Gasteiger partial charge on any atom is 0.116 e. The van der Waals surface area contributed by atoms with Crippen LogP contribution in [0.4, 0.5) is 5.69 Å².